The van der Waals surface area contributed by atoms with E-state index in [4.69, 9.17) is 0 Å². The largest absolute Gasteiger partial charge is 1.00 e. The highest BCUT2D eigenvalue weighted by molar-refractivity contribution is 5.73. The molecule has 0 aliphatic carbocycles. The summed E-state index contributed by atoms with van der Waals surface area (Å²) in [5.74, 6) is 1.38. The minimum atomic E-state index is 0. The van der Waals surface area contributed by atoms with Crippen LogP contribution in [0.3, 0.4) is 0 Å². The molecule has 3 heteroatoms. The third-order valence-electron chi connectivity index (χ3n) is 4.86. The second kappa shape index (κ2) is 18.3. The first-order valence-corrected chi connectivity index (χ1v) is 10.3. The number of halogens is 1. The quantitative estimate of drug-likeness (QED) is 0.416. The van der Waals surface area contributed by atoms with Gasteiger partial charge in [-0.3, -0.25) is 5.32 Å². The molecule has 138 valence electrons. The van der Waals surface area contributed by atoms with Crippen LogP contribution >= 0.6 is 0 Å². The zero-order valence-corrected chi connectivity index (χ0v) is 16.4. The van der Waals surface area contributed by atoms with Crippen molar-refractivity contribution in [2.75, 3.05) is 13.1 Å². The molecule has 23 heavy (non-hydrogen) atoms. The number of quaternary nitrogens is 1. The zero-order chi connectivity index (χ0) is 15.7. The van der Waals surface area contributed by atoms with Crippen LogP contribution in [0, 0.1) is 0 Å². The van der Waals surface area contributed by atoms with Crippen LogP contribution in [0.15, 0.2) is 4.99 Å². The van der Waals surface area contributed by atoms with E-state index in [2.05, 4.69) is 17.2 Å². The van der Waals surface area contributed by atoms with Gasteiger partial charge < -0.3 is 12.4 Å². The van der Waals surface area contributed by atoms with Crippen molar-refractivity contribution in [3.63, 3.8) is 0 Å². The average Bonchev–Trinajstić information content (AvgIpc) is 3.04. The van der Waals surface area contributed by atoms with E-state index < -0.39 is 0 Å². The molecule has 0 aromatic heterocycles. The normalized spacial score (nSPS) is 13.9. The molecule has 0 radical (unpaired) electrons. The molecule has 0 saturated heterocycles. The maximum absolute atomic E-state index is 4.50. The summed E-state index contributed by atoms with van der Waals surface area (Å²) < 4.78 is 0. The zero-order valence-electron chi connectivity index (χ0n) is 15.6. The molecule has 1 rings (SSSR count). The van der Waals surface area contributed by atoms with Gasteiger partial charge >= 0.3 is 0 Å². The molecule has 0 aromatic carbocycles. The first-order chi connectivity index (χ1) is 10.9. The van der Waals surface area contributed by atoms with Crippen molar-refractivity contribution < 1.29 is 17.7 Å². The summed E-state index contributed by atoms with van der Waals surface area (Å²) in [6, 6.07) is 0. The van der Waals surface area contributed by atoms with Crippen molar-refractivity contribution in [2.24, 2.45) is 4.99 Å². The van der Waals surface area contributed by atoms with Gasteiger partial charge in [-0.15, -0.1) is 0 Å². The molecule has 1 aliphatic rings. The highest BCUT2D eigenvalue weighted by atomic mass is 35.5. The van der Waals surface area contributed by atoms with Crippen LogP contribution in [0.1, 0.15) is 110 Å². The molecule has 0 fully saturated rings. The molecule has 2 N–H and O–H groups in total. The first-order valence-electron chi connectivity index (χ1n) is 10.3. The molecule has 1 aliphatic heterocycles. The van der Waals surface area contributed by atoms with E-state index in [9.17, 15) is 0 Å². The Balaban J connectivity index is 0.00000484. The minimum Gasteiger partial charge on any atom is -1.00 e. The fraction of sp³-hybridized carbons (Fsp3) is 0.950. The van der Waals surface area contributed by atoms with Gasteiger partial charge in [-0.1, -0.05) is 96.8 Å². The molecule has 0 amide bonds. The second-order valence-electron chi connectivity index (χ2n) is 7.07. The average molecular weight is 345 g/mol. The van der Waals surface area contributed by atoms with Gasteiger partial charge in [-0.05, 0) is 6.42 Å². The van der Waals surface area contributed by atoms with Crippen molar-refractivity contribution in [2.45, 2.75) is 110 Å². The van der Waals surface area contributed by atoms with Crippen molar-refractivity contribution >= 4 is 5.84 Å². The second-order valence-corrected chi connectivity index (χ2v) is 7.07. The number of aliphatic imine (C=N–C) groups is 1. The van der Waals surface area contributed by atoms with E-state index in [1.54, 1.807) is 0 Å². The standard InChI is InChI=1S/C20H40N2.ClH/c1-2-3-4-5-6-7-8-9-10-11-12-13-14-15-16-17-20-21-18-19-22-20;/h2-19H2,1H3,(H,21,22);1H. The lowest BCUT2D eigenvalue weighted by Crippen LogP contribution is -3.00. The van der Waals surface area contributed by atoms with E-state index in [0.29, 0.717) is 0 Å². The van der Waals surface area contributed by atoms with Gasteiger partial charge in [-0.2, -0.15) is 0 Å². The van der Waals surface area contributed by atoms with E-state index in [-0.39, 0.29) is 12.4 Å². The third kappa shape index (κ3) is 15.2. The fourth-order valence-electron chi connectivity index (χ4n) is 3.36. The van der Waals surface area contributed by atoms with Crippen LogP contribution < -0.4 is 17.7 Å². The summed E-state index contributed by atoms with van der Waals surface area (Å²) >= 11 is 0. The number of rotatable bonds is 16. The molecular weight excluding hydrogens is 304 g/mol. The highest BCUT2D eigenvalue weighted by Crippen LogP contribution is 2.13. The Labute approximate surface area is 151 Å². The number of amidine groups is 1. The SMILES string of the molecule is CCCCCCCCCCCCCCCCCC1=NCC[NH2+]1.[Cl-]. The number of hydrogen-bond donors (Lipinski definition) is 1. The van der Waals surface area contributed by atoms with Gasteiger partial charge in [0.25, 0.3) is 0 Å². The topological polar surface area (TPSA) is 29.0 Å². The van der Waals surface area contributed by atoms with Crippen LogP contribution in [0.4, 0.5) is 0 Å². The fourth-order valence-corrected chi connectivity index (χ4v) is 3.36. The molecule has 0 bridgehead atoms. The summed E-state index contributed by atoms with van der Waals surface area (Å²) in [7, 11) is 0. The number of nitrogens with zero attached hydrogens (tertiary/aromatic N) is 1. The monoisotopic (exact) mass is 344 g/mol. The Hall–Kier alpha value is -0.0800. The molecule has 0 unspecified atom stereocenters. The lowest BCUT2D eigenvalue weighted by molar-refractivity contribution is -0.530. The Bertz CT molecular complexity index is 266. The lowest BCUT2D eigenvalue weighted by Gasteiger charge is -2.03. The van der Waals surface area contributed by atoms with Crippen LogP contribution in [-0.2, 0) is 0 Å². The minimum absolute atomic E-state index is 0. The predicted octanol–water partition coefficient (Wildman–Crippen LogP) is 2.23. The summed E-state index contributed by atoms with van der Waals surface area (Å²) in [6.07, 6.45) is 22.9. The number of unbranched alkanes of at least 4 members (excludes halogenated alkanes) is 14. The Morgan fingerprint density at radius 3 is 1.52 bits per heavy atom. The van der Waals surface area contributed by atoms with Gasteiger partial charge in [0.15, 0.2) is 5.84 Å². The lowest BCUT2D eigenvalue weighted by atomic mass is 10.0. The van der Waals surface area contributed by atoms with Crippen molar-refractivity contribution in [1.29, 1.82) is 0 Å². The van der Waals surface area contributed by atoms with Gasteiger partial charge in [0.2, 0.25) is 0 Å². The van der Waals surface area contributed by atoms with E-state index >= 15 is 0 Å². The van der Waals surface area contributed by atoms with Crippen LogP contribution in [0.2, 0.25) is 0 Å². The molecular formula is C20H41ClN2. The Kier molecular flexibility index (Phi) is 18.2. The molecule has 0 aromatic rings. The molecule has 2 nitrogen and oxygen atoms in total. The van der Waals surface area contributed by atoms with Crippen molar-refractivity contribution in [3.05, 3.63) is 0 Å². The Morgan fingerprint density at radius 1 is 0.696 bits per heavy atom. The van der Waals surface area contributed by atoms with Gasteiger partial charge in [0.05, 0.1) is 6.54 Å². The van der Waals surface area contributed by atoms with E-state index in [0.717, 1.165) is 6.54 Å². The molecule has 0 saturated carbocycles. The molecule has 0 spiro atoms. The maximum Gasteiger partial charge on any atom is 0.195 e. The van der Waals surface area contributed by atoms with Gasteiger partial charge in [0.1, 0.15) is 6.54 Å². The summed E-state index contributed by atoms with van der Waals surface area (Å²) in [5, 5.41) is 2.32. The van der Waals surface area contributed by atoms with Gasteiger partial charge in [-0.25, -0.2) is 4.99 Å². The molecule has 0 atom stereocenters. The van der Waals surface area contributed by atoms with Crippen LogP contribution in [0.5, 0.6) is 0 Å². The molecule has 1 heterocycles. The summed E-state index contributed by atoms with van der Waals surface area (Å²) in [6.45, 7) is 4.53. The van der Waals surface area contributed by atoms with E-state index in [1.165, 1.54) is 115 Å². The maximum atomic E-state index is 4.50. The van der Waals surface area contributed by atoms with Crippen molar-refractivity contribution in [1.82, 2.24) is 0 Å². The van der Waals surface area contributed by atoms with E-state index in [1.807, 2.05) is 0 Å². The van der Waals surface area contributed by atoms with Crippen molar-refractivity contribution in [3.8, 4) is 0 Å². The van der Waals surface area contributed by atoms with Gasteiger partial charge in [0, 0.05) is 6.42 Å². The number of nitrogens with two attached hydrogens (primary N) is 1. The number of hydrogen-bond acceptors (Lipinski definition) is 1. The Morgan fingerprint density at radius 2 is 1.13 bits per heavy atom. The third-order valence-corrected chi connectivity index (χ3v) is 4.86. The summed E-state index contributed by atoms with van der Waals surface area (Å²) in [4.78, 5) is 4.50. The highest BCUT2D eigenvalue weighted by Gasteiger charge is 2.08. The smallest absolute Gasteiger partial charge is 0.195 e. The predicted molar refractivity (Wildman–Crippen MR) is 98.6 cm³/mol. The van der Waals surface area contributed by atoms with Crippen LogP contribution in [-0.4, -0.2) is 18.9 Å². The summed E-state index contributed by atoms with van der Waals surface area (Å²) in [5.41, 5.74) is 0. The first kappa shape index (κ1) is 22.9. The van der Waals surface area contributed by atoms with Crippen LogP contribution in [0.25, 0.3) is 0 Å².